The molecule has 106 valence electrons. The second-order valence-corrected chi connectivity index (χ2v) is 7.17. The van der Waals surface area contributed by atoms with Crippen molar-refractivity contribution in [2.24, 2.45) is 0 Å². The summed E-state index contributed by atoms with van der Waals surface area (Å²) < 4.78 is 36.5. The average Bonchev–Trinajstić information content (AvgIpc) is 2.40. The highest BCUT2D eigenvalue weighted by molar-refractivity contribution is 9.10. The quantitative estimate of drug-likeness (QED) is 0.908. The van der Waals surface area contributed by atoms with Crippen molar-refractivity contribution in [3.8, 4) is 0 Å². The van der Waals surface area contributed by atoms with Crippen LogP contribution in [0.4, 0.5) is 10.1 Å². The fraction of sp³-hybridized carbons (Fsp3) is 0.143. The number of sulfone groups is 1. The third-order valence-corrected chi connectivity index (χ3v) is 4.81. The zero-order chi connectivity index (χ0) is 14.8. The molecular weight excluding hydrogens is 345 g/mol. The van der Waals surface area contributed by atoms with E-state index in [9.17, 15) is 12.8 Å². The van der Waals surface area contributed by atoms with Gasteiger partial charge in [-0.25, -0.2) is 12.8 Å². The molecule has 0 heterocycles. The van der Waals surface area contributed by atoms with Gasteiger partial charge in [0.15, 0.2) is 9.84 Å². The molecule has 0 aliphatic heterocycles. The molecule has 20 heavy (non-hydrogen) atoms. The number of nitrogens with one attached hydrogen (secondary N) is 1. The summed E-state index contributed by atoms with van der Waals surface area (Å²) in [6, 6.07) is 11.3. The molecule has 0 aliphatic rings. The lowest BCUT2D eigenvalue weighted by molar-refractivity contribution is 0.602. The molecule has 0 amide bonds. The van der Waals surface area contributed by atoms with Crippen molar-refractivity contribution < 1.29 is 12.8 Å². The zero-order valence-corrected chi connectivity index (χ0v) is 13.1. The largest absolute Gasteiger partial charge is 0.381 e. The van der Waals surface area contributed by atoms with E-state index in [1.165, 1.54) is 24.5 Å². The van der Waals surface area contributed by atoms with Crippen molar-refractivity contribution >= 4 is 31.5 Å². The number of anilines is 1. The lowest BCUT2D eigenvalue weighted by Crippen LogP contribution is -2.02. The summed E-state index contributed by atoms with van der Waals surface area (Å²) in [6.45, 7) is 0.441. The van der Waals surface area contributed by atoms with Crippen LogP contribution in [0.5, 0.6) is 0 Å². The Kier molecular flexibility index (Phi) is 4.45. The minimum atomic E-state index is -3.18. The van der Waals surface area contributed by atoms with Gasteiger partial charge in [-0.2, -0.15) is 0 Å². The molecule has 0 aliphatic carbocycles. The van der Waals surface area contributed by atoms with E-state index in [0.29, 0.717) is 11.0 Å². The summed E-state index contributed by atoms with van der Waals surface area (Å²) in [5.74, 6) is -0.309. The Bertz CT molecular complexity index is 714. The highest BCUT2D eigenvalue weighted by atomic mass is 79.9. The van der Waals surface area contributed by atoms with Crippen molar-refractivity contribution in [2.75, 3.05) is 11.6 Å². The monoisotopic (exact) mass is 357 g/mol. The molecule has 0 aromatic heterocycles. The van der Waals surface area contributed by atoms with E-state index in [4.69, 9.17) is 0 Å². The fourth-order valence-electron chi connectivity index (χ4n) is 1.70. The minimum Gasteiger partial charge on any atom is -0.381 e. The SMILES string of the molecule is CS(=O)(=O)c1ccc(NCc2cccc(F)c2Br)cc1. The van der Waals surface area contributed by atoms with Crippen LogP contribution in [-0.4, -0.2) is 14.7 Å². The Morgan fingerprint density at radius 3 is 2.40 bits per heavy atom. The maximum Gasteiger partial charge on any atom is 0.175 e. The van der Waals surface area contributed by atoms with Gasteiger partial charge < -0.3 is 5.32 Å². The Balaban J connectivity index is 2.10. The van der Waals surface area contributed by atoms with E-state index in [1.54, 1.807) is 18.2 Å². The number of benzene rings is 2. The normalized spacial score (nSPS) is 11.3. The van der Waals surface area contributed by atoms with E-state index in [0.717, 1.165) is 11.3 Å². The first-order valence-electron chi connectivity index (χ1n) is 5.85. The summed E-state index contributed by atoms with van der Waals surface area (Å²) >= 11 is 3.20. The van der Waals surface area contributed by atoms with Crippen molar-refractivity contribution in [2.45, 2.75) is 11.4 Å². The molecule has 0 fully saturated rings. The molecule has 2 rings (SSSR count). The number of halogens is 2. The number of rotatable bonds is 4. The second kappa shape index (κ2) is 5.93. The van der Waals surface area contributed by atoms with Crippen LogP contribution in [0, 0.1) is 5.82 Å². The minimum absolute atomic E-state index is 0.273. The maximum atomic E-state index is 13.3. The Morgan fingerprint density at radius 1 is 1.15 bits per heavy atom. The summed E-state index contributed by atoms with van der Waals surface area (Å²) in [5.41, 5.74) is 1.56. The van der Waals surface area contributed by atoms with E-state index >= 15 is 0 Å². The van der Waals surface area contributed by atoms with Gasteiger partial charge >= 0.3 is 0 Å². The van der Waals surface area contributed by atoms with Crippen LogP contribution in [0.1, 0.15) is 5.56 Å². The van der Waals surface area contributed by atoms with Crippen LogP contribution in [0.25, 0.3) is 0 Å². The summed E-state index contributed by atoms with van der Waals surface area (Å²) in [6.07, 6.45) is 1.17. The Hall–Kier alpha value is -1.40. The van der Waals surface area contributed by atoms with E-state index < -0.39 is 9.84 Å². The number of hydrogen-bond donors (Lipinski definition) is 1. The van der Waals surface area contributed by atoms with E-state index in [2.05, 4.69) is 21.2 Å². The van der Waals surface area contributed by atoms with Crippen LogP contribution in [0.3, 0.4) is 0 Å². The Morgan fingerprint density at radius 2 is 1.80 bits per heavy atom. The van der Waals surface area contributed by atoms with Gasteiger partial charge in [-0.05, 0) is 51.8 Å². The topological polar surface area (TPSA) is 46.2 Å². The van der Waals surface area contributed by atoms with Gasteiger partial charge in [0.2, 0.25) is 0 Å². The first kappa shape index (κ1) is 15.0. The molecule has 6 heteroatoms. The molecule has 3 nitrogen and oxygen atoms in total. The molecule has 0 saturated heterocycles. The van der Waals surface area contributed by atoms with Gasteiger partial charge in [-0.15, -0.1) is 0 Å². The van der Waals surface area contributed by atoms with Gasteiger partial charge in [0.05, 0.1) is 9.37 Å². The molecule has 0 spiro atoms. The number of hydrogen-bond acceptors (Lipinski definition) is 3. The predicted octanol–water partition coefficient (Wildman–Crippen LogP) is 3.60. The van der Waals surface area contributed by atoms with Crippen LogP contribution >= 0.6 is 15.9 Å². The van der Waals surface area contributed by atoms with E-state index in [1.807, 2.05) is 6.07 Å². The smallest absolute Gasteiger partial charge is 0.175 e. The van der Waals surface area contributed by atoms with Crippen molar-refractivity contribution in [1.82, 2.24) is 0 Å². The molecule has 0 bridgehead atoms. The van der Waals surface area contributed by atoms with Crippen LogP contribution in [0.2, 0.25) is 0 Å². The van der Waals surface area contributed by atoms with Gasteiger partial charge in [-0.1, -0.05) is 12.1 Å². The standard InChI is InChI=1S/C14H13BrFNO2S/c1-20(18,19)12-7-5-11(6-8-12)17-9-10-3-2-4-13(16)14(10)15/h2-8,17H,9H2,1H3. The second-order valence-electron chi connectivity index (χ2n) is 4.36. The molecule has 0 saturated carbocycles. The Labute approximate surface area is 125 Å². The van der Waals surface area contributed by atoms with Gasteiger partial charge in [0.1, 0.15) is 5.82 Å². The van der Waals surface area contributed by atoms with Crippen molar-refractivity contribution in [1.29, 1.82) is 0 Å². The molecule has 0 unspecified atom stereocenters. The maximum absolute atomic E-state index is 13.3. The molecular formula is C14H13BrFNO2S. The summed E-state index contributed by atoms with van der Waals surface area (Å²) in [7, 11) is -3.18. The highest BCUT2D eigenvalue weighted by Gasteiger charge is 2.07. The van der Waals surface area contributed by atoms with Gasteiger partial charge in [0, 0.05) is 18.5 Å². The molecule has 2 aromatic carbocycles. The first-order chi connectivity index (χ1) is 9.38. The first-order valence-corrected chi connectivity index (χ1v) is 8.53. The molecule has 0 atom stereocenters. The summed E-state index contributed by atoms with van der Waals surface area (Å²) in [5, 5.41) is 3.12. The third kappa shape index (κ3) is 3.58. The lowest BCUT2D eigenvalue weighted by Gasteiger charge is -2.09. The average molecular weight is 358 g/mol. The highest BCUT2D eigenvalue weighted by Crippen LogP contribution is 2.22. The molecule has 0 radical (unpaired) electrons. The third-order valence-electron chi connectivity index (χ3n) is 2.80. The molecule has 2 aromatic rings. The summed E-state index contributed by atoms with van der Waals surface area (Å²) in [4.78, 5) is 0.273. The van der Waals surface area contributed by atoms with Crippen molar-refractivity contribution in [3.05, 3.63) is 58.3 Å². The van der Waals surface area contributed by atoms with Crippen LogP contribution in [-0.2, 0) is 16.4 Å². The van der Waals surface area contributed by atoms with Crippen molar-refractivity contribution in [3.63, 3.8) is 0 Å². The van der Waals surface area contributed by atoms with Crippen LogP contribution in [0.15, 0.2) is 51.8 Å². The zero-order valence-electron chi connectivity index (χ0n) is 10.7. The van der Waals surface area contributed by atoms with Gasteiger partial charge in [0.25, 0.3) is 0 Å². The van der Waals surface area contributed by atoms with E-state index in [-0.39, 0.29) is 10.7 Å². The molecule has 1 N–H and O–H groups in total. The van der Waals surface area contributed by atoms with Gasteiger partial charge in [-0.3, -0.25) is 0 Å². The predicted molar refractivity (Wildman–Crippen MR) is 81.0 cm³/mol. The fourth-order valence-corrected chi connectivity index (χ4v) is 2.74. The van der Waals surface area contributed by atoms with Crippen LogP contribution < -0.4 is 5.32 Å². The lowest BCUT2D eigenvalue weighted by atomic mass is 10.2.